The molecule has 45 heavy (non-hydrogen) atoms. The first-order valence-corrected chi connectivity index (χ1v) is 15.6. The summed E-state index contributed by atoms with van der Waals surface area (Å²) in [7, 11) is 2.04. The van der Waals surface area contributed by atoms with Crippen LogP contribution < -0.4 is 10.6 Å². The highest BCUT2D eigenvalue weighted by Gasteiger charge is 2.42. The molecule has 2 aliphatic rings. The Kier molecular flexibility index (Phi) is 8.80. The molecular weight excluding hydrogens is 568 g/mol. The average Bonchev–Trinajstić information content (AvgIpc) is 3.37. The van der Waals surface area contributed by atoms with Crippen molar-refractivity contribution in [2.45, 2.75) is 56.4 Å². The molecule has 9 nitrogen and oxygen atoms in total. The summed E-state index contributed by atoms with van der Waals surface area (Å²) < 4.78 is 7.72. The number of carboxylic acid groups (broad SMARTS) is 1. The third kappa shape index (κ3) is 6.40. The van der Waals surface area contributed by atoms with E-state index in [4.69, 9.17) is 14.8 Å². The molecule has 0 spiro atoms. The number of aromatic nitrogens is 2. The molecule has 6 rings (SSSR count). The third-order valence-corrected chi connectivity index (χ3v) is 9.14. The number of nitrogens with zero attached hydrogens (tertiary/aromatic N) is 2. The van der Waals surface area contributed by atoms with Gasteiger partial charge in [0.15, 0.2) is 0 Å². The SMILES string of the molecule is Cn1c(-c2ccccn2)c(C2CCCCC2)c2ccc(C(=O)NC3(C(=O)Nc4ccc(/C=C/C(=O)O)cc4)CCOCC3)cc21. The van der Waals surface area contributed by atoms with Crippen LogP contribution >= 0.6 is 0 Å². The topological polar surface area (TPSA) is 123 Å². The van der Waals surface area contributed by atoms with E-state index < -0.39 is 11.5 Å². The van der Waals surface area contributed by atoms with Gasteiger partial charge in [-0.1, -0.05) is 43.5 Å². The molecule has 2 fully saturated rings. The number of fused-ring (bicyclic) bond motifs is 1. The Bertz CT molecular complexity index is 1730. The minimum Gasteiger partial charge on any atom is -0.478 e. The molecule has 232 valence electrons. The number of amides is 2. The van der Waals surface area contributed by atoms with Gasteiger partial charge in [0.05, 0.1) is 11.4 Å². The van der Waals surface area contributed by atoms with E-state index in [1.807, 2.05) is 43.6 Å². The first kappa shape index (κ1) is 30.3. The second-order valence-corrected chi connectivity index (χ2v) is 12.0. The smallest absolute Gasteiger partial charge is 0.328 e. The van der Waals surface area contributed by atoms with Crippen molar-refractivity contribution in [3.05, 3.63) is 89.6 Å². The number of aryl methyl sites for hydroxylation is 1. The maximum atomic E-state index is 13.9. The van der Waals surface area contributed by atoms with Crippen LogP contribution in [0.5, 0.6) is 0 Å². The van der Waals surface area contributed by atoms with Gasteiger partial charge >= 0.3 is 5.97 Å². The summed E-state index contributed by atoms with van der Waals surface area (Å²) in [5.41, 5.74) is 4.88. The molecule has 0 bridgehead atoms. The normalized spacial score (nSPS) is 16.9. The third-order valence-electron chi connectivity index (χ3n) is 9.14. The van der Waals surface area contributed by atoms with E-state index in [-0.39, 0.29) is 11.8 Å². The minimum absolute atomic E-state index is 0.315. The largest absolute Gasteiger partial charge is 0.478 e. The van der Waals surface area contributed by atoms with Crippen LogP contribution in [0.25, 0.3) is 28.4 Å². The van der Waals surface area contributed by atoms with Crippen molar-refractivity contribution >= 4 is 40.4 Å². The van der Waals surface area contributed by atoms with Crippen molar-refractivity contribution in [3.63, 3.8) is 0 Å². The standard InChI is InChI=1S/C36H38N4O5/c1-40-30-23-26(13-16-28(30)32(25-7-3-2-4-8-25)33(40)29-9-5-6-20-37-29)34(43)39-36(18-21-45-22-19-36)35(44)38-27-14-10-24(11-15-27)12-17-31(41)42/h5-6,9-17,20,23,25H,2-4,7-8,18-19,21-22H2,1H3,(H,38,44)(H,39,43)(H,41,42)/b17-12+. The van der Waals surface area contributed by atoms with Crippen LogP contribution in [0.3, 0.4) is 0 Å². The Hall–Kier alpha value is -4.76. The monoisotopic (exact) mass is 606 g/mol. The molecule has 1 aliphatic carbocycles. The zero-order valence-corrected chi connectivity index (χ0v) is 25.4. The van der Waals surface area contributed by atoms with Gasteiger partial charge in [0.25, 0.3) is 5.91 Å². The highest BCUT2D eigenvalue weighted by molar-refractivity contribution is 6.05. The van der Waals surface area contributed by atoms with Crippen molar-refractivity contribution in [1.29, 1.82) is 0 Å². The fraction of sp³-hybridized carbons (Fsp3) is 0.333. The molecule has 2 amide bonds. The molecule has 1 saturated carbocycles. The van der Waals surface area contributed by atoms with E-state index in [1.165, 1.54) is 30.9 Å². The predicted octanol–water partition coefficient (Wildman–Crippen LogP) is 6.30. The Morgan fingerprint density at radius 1 is 1.00 bits per heavy atom. The Labute approximate surface area is 262 Å². The van der Waals surface area contributed by atoms with Gasteiger partial charge < -0.3 is 25.0 Å². The molecule has 3 heterocycles. The lowest BCUT2D eigenvalue weighted by atomic mass is 9.82. The van der Waals surface area contributed by atoms with Gasteiger partial charge in [-0.15, -0.1) is 0 Å². The zero-order valence-electron chi connectivity index (χ0n) is 25.4. The van der Waals surface area contributed by atoms with Crippen LogP contribution in [0.15, 0.2) is 72.9 Å². The summed E-state index contributed by atoms with van der Waals surface area (Å²) >= 11 is 0. The number of ether oxygens (including phenoxy) is 1. The Morgan fingerprint density at radius 3 is 2.44 bits per heavy atom. The van der Waals surface area contributed by atoms with Gasteiger partial charge in [0.2, 0.25) is 5.91 Å². The van der Waals surface area contributed by atoms with Gasteiger partial charge in [0, 0.05) is 67.5 Å². The minimum atomic E-state index is -1.15. The van der Waals surface area contributed by atoms with Crippen LogP contribution in [-0.4, -0.2) is 51.2 Å². The fourth-order valence-corrected chi connectivity index (χ4v) is 6.74. The lowest BCUT2D eigenvalue weighted by molar-refractivity contribution is -0.131. The van der Waals surface area contributed by atoms with Crippen LogP contribution in [0, 0.1) is 0 Å². The van der Waals surface area contributed by atoms with Gasteiger partial charge in [-0.2, -0.15) is 0 Å². The molecule has 2 aromatic carbocycles. The summed E-state index contributed by atoms with van der Waals surface area (Å²) in [6.45, 7) is 0.698. The predicted molar refractivity (Wildman–Crippen MR) is 174 cm³/mol. The van der Waals surface area contributed by atoms with Gasteiger partial charge in [-0.05, 0) is 72.4 Å². The van der Waals surface area contributed by atoms with Crippen molar-refractivity contribution in [2.75, 3.05) is 18.5 Å². The number of anilines is 1. The number of carboxylic acids is 1. The van der Waals surface area contributed by atoms with Crippen LogP contribution in [0.2, 0.25) is 0 Å². The molecule has 0 radical (unpaired) electrons. The maximum Gasteiger partial charge on any atom is 0.328 e. The molecular formula is C36H38N4O5. The van der Waals surface area contributed by atoms with E-state index in [0.717, 1.165) is 41.2 Å². The summed E-state index contributed by atoms with van der Waals surface area (Å²) in [6.07, 6.45) is 11.0. The van der Waals surface area contributed by atoms with Crippen molar-refractivity contribution < 1.29 is 24.2 Å². The first-order chi connectivity index (χ1) is 21.8. The molecule has 9 heteroatoms. The Balaban J connectivity index is 1.29. The summed E-state index contributed by atoms with van der Waals surface area (Å²) in [5.74, 6) is -1.22. The summed E-state index contributed by atoms with van der Waals surface area (Å²) in [6, 6.07) is 18.7. The van der Waals surface area contributed by atoms with Crippen LogP contribution in [0.1, 0.15) is 72.3 Å². The van der Waals surface area contributed by atoms with E-state index >= 15 is 0 Å². The Morgan fingerprint density at radius 2 is 1.76 bits per heavy atom. The number of benzene rings is 2. The van der Waals surface area contributed by atoms with E-state index in [1.54, 1.807) is 24.3 Å². The van der Waals surface area contributed by atoms with E-state index in [9.17, 15) is 14.4 Å². The number of carbonyl (C=O) groups is 3. The summed E-state index contributed by atoms with van der Waals surface area (Å²) in [4.78, 5) is 43.1. The van der Waals surface area contributed by atoms with Crippen molar-refractivity contribution in [1.82, 2.24) is 14.9 Å². The van der Waals surface area contributed by atoms with Crippen LogP contribution in [0.4, 0.5) is 5.69 Å². The van der Waals surface area contributed by atoms with Crippen LogP contribution in [-0.2, 0) is 21.4 Å². The zero-order chi connectivity index (χ0) is 31.4. The number of hydrogen-bond donors (Lipinski definition) is 3. The second kappa shape index (κ2) is 13.1. The molecule has 3 N–H and O–H groups in total. The lowest BCUT2D eigenvalue weighted by Gasteiger charge is -2.36. The number of rotatable bonds is 8. The van der Waals surface area contributed by atoms with Gasteiger partial charge in [0.1, 0.15) is 5.54 Å². The van der Waals surface area contributed by atoms with E-state index in [0.29, 0.717) is 48.8 Å². The highest BCUT2D eigenvalue weighted by atomic mass is 16.5. The number of hydrogen-bond acceptors (Lipinski definition) is 5. The molecule has 2 aromatic heterocycles. The number of carbonyl (C=O) groups excluding carboxylic acids is 2. The van der Waals surface area contributed by atoms with Crippen molar-refractivity contribution in [2.24, 2.45) is 7.05 Å². The van der Waals surface area contributed by atoms with E-state index in [2.05, 4.69) is 21.3 Å². The second-order valence-electron chi connectivity index (χ2n) is 12.0. The molecule has 4 aromatic rings. The molecule has 0 unspecified atom stereocenters. The number of aliphatic carboxylic acids is 1. The summed E-state index contributed by atoms with van der Waals surface area (Å²) in [5, 5.41) is 16.0. The molecule has 0 atom stereocenters. The molecule has 1 aliphatic heterocycles. The maximum absolute atomic E-state index is 13.9. The quantitative estimate of drug-likeness (QED) is 0.202. The van der Waals surface area contributed by atoms with Crippen molar-refractivity contribution in [3.8, 4) is 11.4 Å². The lowest BCUT2D eigenvalue weighted by Crippen LogP contribution is -2.59. The fourth-order valence-electron chi connectivity index (χ4n) is 6.74. The first-order valence-electron chi connectivity index (χ1n) is 15.6. The average molecular weight is 607 g/mol. The van der Waals surface area contributed by atoms with Gasteiger partial charge in [-0.25, -0.2) is 4.79 Å². The molecule has 1 saturated heterocycles. The van der Waals surface area contributed by atoms with Gasteiger partial charge in [-0.3, -0.25) is 14.6 Å². The number of nitrogens with one attached hydrogen (secondary N) is 2. The highest BCUT2D eigenvalue weighted by Crippen LogP contribution is 2.43. The number of pyridine rings is 1.